The van der Waals surface area contributed by atoms with Gasteiger partial charge in [0, 0.05) is 5.70 Å². The summed E-state index contributed by atoms with van der Waals surface area (Å²) in [5, 5.41) is 5.40. The summed E-state index contributed by atoms with van der Waals surface area (Å²) in [4.78, 5) is 24.7. The Kier molecular flexibility index (Phi) is 7.54. The van der Waals surface area contributed by atoms with Crippen molar-refractivity contribution < 1.29 is 28.5 Å². The van der Waals surface area contributed by atoms with Crippen LogP contribution in [0.3, 0.4) is 0 Å². The molecule has 0 spiro atoms. The molecule has 2 N–H and O–H groups in total. The molecule has 0 radical (unpaired) electrons. The minimum absolute atomic E-state index is 0.298. The van der Waals surface area contributed by atoms with E-state index in [1.54, 1.807) is 19.1 Å². The Labute approximate surface area is 165 Å². The molecule has 0 bridgehead atoms. The summed E-state index contributed by atoms with van der Waals surface area (Å²) in [6, 6.07) is 2.34. The Bertz CT molecular complexity index is 734. The highest BCUT2D eigenvalue weighted by Gasteiger charge is 2.33. The second-order valence-electron chi connectivity index (χ2n) is 6.31. The molecule has 0 aliphatic carbocycles. The molecule has 1 atom stereocenters. The average molecular weight is 392 g/mol. The summed E-state index contributed by atoms with van der Waals surface area (Å²) in [7, 11) is 3.05. The molecule has 1 aliphatic rings. The van der Waals surface area contributed by atoms with Crippen molar-refractivity contribution in [3.8, 4) is 17.2 Å². The Morgan fingerprint density at radius 1 is 1.07 bits per heavy atom. The predicted molar refractivity (Wildman–Crippen MR) is 104 cm³/mol. The van der Waals surface area contributed by atoms with E-state index in [1.807, 2.05) is 13.8 Å². The number of allylic oxidation sites excluding steroid dienone is 1. The Balaban J connectivity index is 2.51. The average Bonchev–Trinajstić information content (AvgIpc) is 2.69. The van der Waals surface area contributed by atoms with Crippen LogP contribution in [0.25, 0.3) is 0 Å². The molecule has 0 saturated heterocycles. The van der Waals surface area contributed by atoms with Gasteiger partial charge >= 0.3 is 12.0 Å². The Morgan fingerprint density at radius 3 is 2.21 bits per heavy atom. The number of benzene rings is 1. The highest BCUT2D eigenvalue weighted by atomic mass is 16.5. The van der Waals surface area contributed by atoms with Crippen LogP contribution in [-0.4, -0.2) is 39.4 Å². The van der Waals surface area contributed by atoms with Gasteiger partial charge in [-0.2, -0.15) is 0 Å². The zero-order valence-electron chi connectivity index (χ0n) is 17.0. The number of ether oxygens (including phenoxy) is 4. The van der Waals surface area contributed by atoms with E-state index in [0.717, 1.165) is 6.42 Å². The first-order chi connectivity index (χ1) is 13.5. The minimum atomic E-state index is -0.707. The zero-order chi connectivity index (χ0) is 20.7. The van der Waals surface area contributed by atoms with Crippen molar-refractivity contribution in [1.29, 1.82) is 0 Å². The number of nitrogens with one attached hydrogen (secondary N) is 2. The van der Waals surface area contributed by atoms with E-state index >= 15 is 0 Å². The van der Waals surface area contributed by atoms with E-state index in [0.29, 0.717) is 53.7 Å². The molecule has 1 aromatic rings. The number of hydrogen-bond donors (Lipinski definition) is 2. The molecule has 1 heterocycles. The summed E-state index contributed by atoms with van der Waals surface area (Å²) in [5.74, 6) is 0.900. The minimum Gasteiger partial charge on any atom is -0.493 e. The zero-order valence-corrected chi connectivity index (χ0v) is 17.0. The summed E-state index contributed by atoms with van der Waals surface area (Å²) in [6.45, 7) is 6.38. The molecule has 2 amide bonds. The van der Waals surface area contributed by atoms with Crippen molar-refractivity contribution in [3.63, 3.8) is 0 Å². The molecule has 8 heteroatoms. The first-order valence-corrected chi connectivity index (χ1v) is 9.30. The second-order valence-corrected chi connectivity index (χ2v) is 6.31. The number of hydrogen-bond acceptors (Lipinski definition) is 6. The molecule has 0 aromatic heterocycles. The molecule has 1 aromatic carbocycles. The van der Waals surface area contributed by atoms with E-state index in [1.165, 1.54) is 14.2 Å². The summed E-state index contributed by atoms with van der Waals surface area (Å²) >= 11 is 0. The van der Waals surface area contributed by atoms with Gasteiger partial charge in [-0.1, -0.05) is 13.8 Å². The van der Waals surface area contributed by atoms with Crippen LogP contribution >= 0.6 is 0 Å². The third-order valence-electron chi connectivity index (χ3n) is 4.19. The van der Waals surface area contributed by atoms with Crippen LogP contribution in [0.4, 0.5) is 4.79 Å². The quantitative estimate of drug-likeness (QED) is 0.627. The van der Waals surface area contributed by atoms with Gasteiger partial charge in [-0.3, -0.25) is 0 Å². The lowest BCUT2D eigenvalue weighted by Crippen LogP contribution is -2.45. The molecule has 0 fully saturated rings. The number of amides is 2. The summed E-state index contributed by atoms with van der Waals surface area (Å²) < 4.78 is 22.0. The standard InChI is InChI=1S/C20H28N2O6/c1-6-8-27-18-14(25-4)10-13(11-15(18)26-5)17-16(19(23)28-9-7-2)12(3)21-20(24)22-17/h10-11,17H,6-9H2,1-5H3,(H2,21,22,24). The van der Waals surface area contributed by atoms with E-state index < -0.39 is 18.0 Å². The SMILES string of the molecule is CCCOC(=O)C1=C(C)NC(=O)NC1c1cc(OC)c(OCCC)c(OC)c1. The lowest BCUT2D eigenvalue weighted by Gasteiger charge is -2.29. The van der Waals surface area contributed by atoms with Crippen molar-refractivity contribution in [3.05, 3.63) is 29.0 Å². The maximum Gasteiger partial charge on any atom is 0.338 e. The lowest BCUT2D eigenvalue weighted by molar-refractivity contribution is -0.139. The molecular formula is C20H28N2O6. The van der Waals surface area contributed by atoms with Crippen LogP contribution in [0.15, 0.2) is 23.4 Å². The molecule has 154 valence electrons. The van der Waals surface area contributed by atoms with Crippen molar-refractivity contribution in [2.45, 2.75) is 39.7 Å². The molecular weight excluding hydrogens is 364 g/mol. The van der Waals surface area contributed by atoms with Gasteiger partial charge in [-0.15, -0.1) is 0 Å². The smallest absolute Gasteiger partial charge is 0.338 e. The normalized spacial score (nSPS) is 16.2. The topological polar surface area (TPSA) is 95.1 Å². The predicted octanol–water partition coefficient (Wildman–Crippen LogP) is 3.07. The highest BCUT2D eigenvalue weighted by Crippen LogP contribution is 2.42. The fraction of sp³-hybridized carbons (Fsp3) is 0.500. The van der Waals surface area contributed by atoms with E-state index in [4.69, 9.17) is 18.9 Å². The number of rotatable bonds is 9. The van der Waals surface area contributed by atoms with Crippen LogP contribution in [0, 0.1) is 0 Å². The highest BCUT2D eigenvalue weighted by molar-refractivity contribution is 5.95. The van der Waals surface area contributed by atoms with Crippen LogP contribution in [0.2, 0.25) is 0 Å². The van der Waals surface area contributed by atoms with Crippen LogP contribution in [-0.2, 0) is 9.53 Å². The van der Waals surface area contributed by atoms with Gasteiger partial charge < -0.3 is 29.6 Å². The van der Waals surface area contributed by atoms with Crippen molar-refractivity contribution in [1.82, 2.24) is 10.6 Å². The number of carbonyl (C=O) groups is 2. The van der Waals surface area contributed by atoms with Gasteiger partial charge in [0.05, 0.1) is 39.0 Å². The van der Waals surface area contributed by atoms with Crippen molar-refractivity contribution >= 4 is 12.0 Å². The van der Waals surface area contributed by atoms with Gasteiger partial charge in [0.25, 0.3) is 0 Å². The van der Waals surface area contributed by atoms with Crippen LogP contribution in [0.1, 0.15) is 45.2 Å². The van der Waals surface area contributed by atoms with Crippen LogP contribution < -0.4 is 24.8 Å². The van der Waals surface area contributed by atoms with Gasteiger partial charge in [0.1, 0.15) is 0 Å². The molecule has 2 rings (SSSR count). The van der Waals surface area contributed by atoms with Crippen molar-refractivity contribution in [2.24, 2.45) is 0 Å². The first-order valence-electron chi connectivity index (χ1n) is 9.30. The van der Waals surface area contributed by atoms with Gasteiger partial charge in [-0.05, 0) is 37.5 Å². The number of methoxy groups -OCH3 is 2. The Morgan fingerprint density at radius 2 is 1.68 bits per heavy atom. The molecule has 1 unspecified atom stereocenters. The first kappa shape index (κ1) is 21.4. The molecule has 8 nitrogen and oxygen atoms in total. The maximum atomic E-state index is 12.6. The fourth-order valence-corrected chi connectivity index (χ4v) is 2.90. The number of esters is 1. The van der Waals surface area contributed by atoms with E-state index in [9.17, 15) is 9.59 Å². The fourth-order valence-electron chi connectivity index (χ4n) is 2.90. The molecule has 1 aliphatic heterocycles. The monoisotopic (exact) mass is 392 g/mol. The van der Waals surface area contributed by atoms with Crippen molar-refractivity contribution in [2.75, 3.05) is 27.4 Å². The Hall–Kier alpha value is -2.90. The molecule has 28 heavy (non-hydrogen) atoms. The third-order valence-corrected chi connectivity index (χ3v) is 4.19. The number of carbonyl (C=O) groups excluding carboxylic acids is 2. The third kappa shape index (κ3) is 4.68. The summed E-state index contributed by atoms with van der Waals surface area (Å²) in [6.07, 6.45) is 1.53. The number of urea groups is 1. The van der Waals surface area contributed by atoms with E-state index in [-0.39, 0.29) is 0 Å². The maximum absolute atomic E-state index is 12.6. The van der Waals surface area contributed by atoms with Crippen LogP contribution in [0.5, 0.6) is 17.2 Å². The second kappa shape index (κ2) is 9.87. The largest absolute Gasteiger partial charge is 0.493 e. The van der Waals surface area contributed by atoms with Gasteiger partial charge in [0.15, 0.2) is 11.5 Å². The molecule has 0 saturated carbocycles. The lowest BCUT2D eigenvalue weighted by atomic mass is 9.95. The summed E-state index contributed by atoms with van der Waals surface area (Å²) in [5.41, 5.74) is 1.40. The van der Waals surface area contributed by atoms with E-state index in [2.05, 4.69) is 10.6 Å². The van der Waals surface area contributed by atoms with Gasteiger partial charge in [-0.25, -0.2) is 9.59 Å². The van der Waals surface area contributed by atoms with Gasteiger partial charge in [0.2, 0.25) is 5.75 Å².